The van der Waals surface area contributed by atoms with Crippen LogP contribution in [-0.2, 0) is 4.57 Å². The van der Waals surface area contributed by atoms with E-state index in [2.05, 4.69) is 20.3 Å². The van der Waals surface area contributed by atoms with Crippen molar-refractivity contribution in [3.05, 3.63) is 76.5 Å². The molecule has 0 amide bonds. The SMILES string of the molecule is CC[C@@H](Nc1c(Cl)c(C)nc2cc(F)c(-c3ccc(P(C)(C)=O)c(F)c3)nc12)c1ncccc1F. The maximum Gasteiger partial charge on any atom is 0.151 e. The minimum absolute atomic E-state index is 0.0771. The van der Waals surface area contributed by atoms with Crippen molar-refractivity contribution in [2.75, 3.05) is 18.6 Å². The number of hydrogen-bond donors (Lipinski definition) is 1. The molecule has 0 aliphatic heterocycles. The zero-order valence-electron chi connectivity index (χ0n) is 19.5. The first-order valence-corrected chi connectivity index (χ1v) is 13.9. The van der Waals surface area contributed by atoms with Gasteiger partial charge in [-0.3, -0.25) is 4.98 Å². The zero-order valence-corrected chi connectivity index (χ0v) is 21.2. The highest BCUT2D eigenvalue weighted by atomic mass is 35.5. The van der Waals surface area contributed by atoms with Crippen LogP contribution in [0.4, 0.5) is 18.9 Å². The lowest BCUT2D eigenvalue weighted by molar-refractivity contribution is 0.572. The summed E-state index contributed by atoms with van der Waals surface area (Å²) in [6, 6.07) is 7.44. The molecule has 0 aliphatic carbocycles. The lowest BCUT2D eigenvalue weighted by atomic mass is 10.1. The lowest BCUT2D eigenvalue weighted by Crippen LogP contribution is -2.15. The Bertz CT molecular complexity index is 1490. The number of nitrogens with one attached hydrogen (secondary N) is 1. The van der Waals surface area contributed by atoms with Crippen LogP contribution in [0.25, 0.3) is 22.3 Å². The number of aromatic nitrogens is 3. The molecule has 4 aromatic rings. The molecule has 0 fully saturated rings. The van der Waals surface area contributed by atoms with Crippen molar-refractivity contribution >= 4 is 40.8 Å². The largest absolute Gasteiger partial charge is 0.373 e. The number of hydrogen-bond acceptors (Lipinski definition) is 5. The molecule has 0 saturated heterocycles. The van der Waals surface area contributed by atoms with Crippen molar-refractivity contribution in [1.29, 1.82) is 0 Å². The summed E-state index contributed by atoms with van der Waals surface area (Å²) in [5.41, 5.74) is 1.51. The van der Waals surface area contributed by atoms with E-state index in [1.165, 1.54) is 49.9 Å². The van der Waals surface area contributed by atoms with Crippen molar-refractivity contribution in [2.24, 2.45) is 0 Å². The van der Waals surface area contributed by atoms with Crippen molar-refractivity contribution in [3.8, 4) is 11.3 Å². The highest BCUT2D eigenvalue weighted by Gasteiger charge is 2.23. The van der Waals surface area contributed by atoms with E-state index in [1.807, 2.05) is 6.92 Å². The minimum atomic E-state index is -2.85. The monoisotopic (exact) mass is 518 g/mol. The van der Waals surface area contributed by atoms with Gasteiger partial charge in [0.05, 0.1) is 33.7 Å². The van der Waals surface area contributed by atoms with E-state index < -0.39 is 30.6 Å². The quantitative estimate of drug-likeness (QED) is 0.282. The third kappa shape index (κ3) is 4.91. The average molecular weight is 519 g/mol. The van der Waals surface area contributed by atoms with Gasteiger partial charge in [-0.25, -0.2) is 23.1 Å². The second kappa shape index (κ2) is 9.59. The summed E-state index contributed by atoms with van der Waals surface area (Å²) in [6.07, 6.45) is 1.97. The number of fused-ring (bicyclic) bond motifs is 1. The summed E-state index contributed by atoms with van der Waals surface area (Å²) in [7, 11) is -2.85. The van der Waals surface area contributed by atoms with Crippen LogP contribution in [0.15, 0.2) is 42.6 Å². The topological polar surface area (TPSA) is 67.8 Å². The van der Waals surface area contributed by atoms with E-state index in [4.69, 9.17) is 11.6 Å². The van der Waals surface area contributed by atoms with Crippen LogP contribution >= 0.6 is 18.7 Å². The summed E-state index contributed by atoms with van der Waals surface area (Å²) in [5, 5.41) is 3.53. The summed E-state index contributed by atoms with van der Waals surface area (Å²) >= 11 is 6.57. The number of nitrogens with zero attached hydrogens (tertiary/aromatic N) is 3. The van der Waals surface area contributed by atoms with Gasteiger partial charge in [-0.1, -0.05) is 24.6 Å². The predicted molar refractivity (Wildman–Crippen MR) is 135 cm³/mol. The number of aryl methyl sites for hydroxylation is 1. The zero-order chi connectivity index (χ0) is 25.5. The fourth-order valence-corrected chi connectivity index (χ4v) is 5.08. The Labute approximate surface area is 206 Å². The second-order valence-corrected chi connectivity index (χ2v) is 12.1. The maximum atomic E-state index is 15.1. The van der Waals surface area contributed by atoms with Gasteiger partial charge in [0.15, 0.2) is 5.82 Å². The number of rotatable bonds is 6. The molecule has 1 aromatic carbocycles. The normalized spacial score (nSPS) is 12.7. The molecule has 0 radical (unpaired) electrons. The lowest BCUT2D eigenvalue weighted by Gasteiger charge is -2.21. The smallest absolute Gasteiger partial charge is 0.151 e. The molecule has 35 heavy (non-hydrogen) atoms. The number of halogens is 4. The first-order valence-electron chi connectivity index (χ1n) is 10.9. The summed E-state index contributed by atoms with van der Waals surface area (Å²) in [5.74, 6) is -1.88. The van der Waals surface area contributed by atoms with Crippen molar-refractivity contribution < 1.29 is 17.7 Å². The summed E-state index contributed by atoms with van der Waals surface area (Å²) < 4.78 is 56.6. The first kappa shape index (κ1) is 25.1. The Morgan fingerprint density at radius 1 is 1.06 bits per heavy atom. The second-order valence-electron chi connectivity index (χ2n) is 8.57. The van der Waals surface area contributed by atoms with Crippen molar-refractivity contribution in [1.82, 2.24) is 15.0 Å². The van der Waals surface area contributed by atoms with Gasteiger partial charge >= 0.3 is 0 Å². The van der Waals surface area contributed by atoms with Gasteiger partial charge < -0.3 is 9.88 Å². The predicted octanol–water partition coefficient (Wildman–Crippen LogP) is 6.88. The molecule has 10 heteroatoms. The Morgan fingerprint density at radius 3 is 2.43 bits per heavy atom. The van der Waals surface area contributed by atoms with E-state index in [9.17, 15) is 13.3 Å². The third-order valence-corrected chi connectivity index (χ3v) is 7.65. The van der Waals surface area contributed by atoms with Gasteiger partial charge in [0.2, 0.25) is 0 Å². The van der Waals surface area contributed by atoms with Crippen LogP contribution in [0.3, 0.4) is 0 Å². The van der Waals surface area contributed by atoms with Gasteiger partial charge in [-0.05, 0) is 50.9 Å². The van der Waals surface area contributed by atoms with E-state index in [-0.39, 0.29) is 38.3 Å². The van der Waals surface area contributed by atoms with Crippen LogP contribution < -0.4 is 10.6 Å². The van der Waals surface area contributed by atoms with Crippen LogP contribution in [0.2, 0.25) is 5.02 Å². The minimum Gasteiger partial charge on any atom is -0.373 e. The van der Waals surface area contributed by atoms with Gasteiger partial charge in [-0.2, -0.15) is 0 Å². The molecule has 182 valence electrons. The molecule has 3 heterocycles. The van der Waals surface area contributed by atoms with Crippen LogP contribution in [0.1, 0.15) is 30.8 Å². The molecule has 3 aromatic heterocycles. The van der Waals surface area contributed by atoms with E-state index in [1.54, 1.807) is 6.92 Å². The Hall–Kier alpha value is -2.96. The Balaban J connectivity index is 1.89. The third-order valence-electron chi connectivity index (χ3n) is 5.66. The van der Waals surface area contributed by atoms with Gasteiger partial charge in [-0.15, -0.1) is 0 Å². The highest BCUT2D eigenvalue weighted by molar-refractivity contribution is 7.70. The van der Waals surface area contributed by atoms with Crippen LogP contribution in [-0.4, -0.2) is 28.3 Å². The molecule has 1 N–H and O–H groups in total. The van der Waals surface area contributed by atoms with Crippen LogP contribution in [0, 0.1) is 24.4 Å². The van der Waals surface area contributed by atoms with E-state index >= 15 is 4.39 Å². The molecular formula is C25H23ClF3N4OP. The fourth-order valence-electron chi connectivity index (χ4n) is 3.88. The summed E-state index contributed by atoms with van der Waals surface area (Å²) in [4.78, 5) is 12.9. The van der Waals surface area contributed by atoms with E-state index in [0.29, 0.717) is 17.8 Å². The Morgan fingerprint density at radius 2 is 1.80 bits per heavy atom. The van der Waals surface area contributed by atoms with E-state index in [0.717, 1.165) is 6.07 Å². The molecule has 0 bridgehead atoms. The number of pyridine rings is 3. The molecular weight excluding hydrogens is 496 g/mol. The number of benzene rings is 1. The highest BCUT2D eigenvalue weighted by Crippen LogP contribution is 2.39. The van der Waals surface area contributed by atoms with Crippen molar-refractivity contribution in [2.45, 2.75) is 26.3 Å². The molecule has 0 unspecified atom stereocenters. The Kier molecular flexibility index (Phi) is 6.89. The fraction of sp³-hybridized carbons (Fsp3) is 0.240. The first-order chi connectivity index (χ1) is 16.5. The standard InChI is InChI=1S/C25H23ClF3N4OP/c1-5-18(23-15(27)7-6-10-30-23)32-25-21(26)13(2)31-19-12-17(29)22(33-24(19)25)14-8-9-20(16(28)11-14)35(3,4)34/h6-12,18H,5H2,1-4H3,(H,31,32)/t18-/m1/s1. The molecule has 4 rings (SSSR count). The maximum absolute atomic E-state index is 15.1. The molecule has 0 aliphatic rings. The molecule has 0 saturated carbocycles. The van der Waals surface area contributed by atoms with Gasteiger partial charge in [0.1, 0.15) is 30.0 Å². The van der Waals surface area contributed by atoms with Crippen molar-refractivity contribution in [3.63, 3.8) is 0 Å². The molecule has 1 atom stereocenters. The average Bonchev–Trinajstić information content (AvgIpc) is 2.79. The number of anilines is 1. The molecule has 5 nitrogen and oxygen atoms in total. The van der Waals surface area contributed by atoms with Gasteiger partial charge in [0.25, 0.3) is 0 Å². The summed E-state index contributed by atoms with van der Waals surface area (Å²) in [6.45, 7) is 6.45. The molecule has 0 spiro atoms. The van der Waals surface area contributed by atoms with Crippen LogP contribution in [0.5, 0.6) is 0 Å². The van der Waals surface area contributed by atoms with Gasteiger partial charge in [0, 0.05) is 23.1 Å².